The molecule has 0 bridgehead atoms. The van der Waals surface area contributed by atoms with Crippen LogP contribution in [0.1, 0.15) is 39.3 Å². The smallest absolute Gasteiger partial charge is 0.0637 e. The van der Waals surface area contributed by atoms with Crippen LogP contribution >= 0.6 is 0 Å². The van der Waals surface area contributed by atoms with Gasteiger partial charge in [0.15, 0.2) is 0 Å². The third-order valence-corrected chi connectivity index (χ3v) is 3.61. The van der Waals surface area contributed by atoms with Crippen LogP contribution < -0.4 is 10.2 Å². The van der Waals surface area contributed by atoms with Gasteiger partial charge >= 0.3 is 0 Å². The molecule has 1 aromatic heterocycles. The minimum atomic E-state index is 0.555. The van der Waals surface area contributed by atoms with Crippen LogP contribution in [-0.2, 0) is 11.3 Å². The van der Waals surface area contributed by atoms with Gasteiger partial charge in [0.25, 0.3) is 0 Å². The van der Waals surface area contributed by atoms with Gasteiger partial charge in [0, 0.05) is 38.1 Å². The van der Waals surface area contributed by atoms with Crippen LogP contribution in [0.4, 0.5) is 5.69 Å². The molecule has 20 heavy (non-hydrogen) atoms. The Morgan fingerprint density at radius 3 is 2.65 bits per heavy atom. The Morgan fingerprint density at radius 2 is 2.05 bits per heavy atom. The van der Waals surface area contributed by atoms with Crippen LogP contribution in [0.25, 0.3) is 0 Å². The zero-order valence-electron chi connectivity index (χ0n) is 13.4. The molecule has 4 nitrogen and oxygen atoms in total. The standard InChI is InChI=1S/C16H29N3O/c1-5-15(6-2)19(10-11-20-4)16-8-9-18-14(12-16)13-17-7-3/h8-9,12,15,17H,5-7,10-11,13H2,1-4H3. The van der Waals surface area contributed by atoms with Crippen molar-refractivity contribution in [3.05, 3.63) is 24.0 Å². The van der Waals surface area contributed by atoms with Gasteiger partial charge in [-0.25, -0.2) is 0 Å². The fourth-order valence-electron chi connectivity index (χ4n) is 2.44. The second kappa shape index (κ2) is 9.72. The van der Waals surface area contributed by atoms with E-state index in [9.17, 15) is 0 Å². The van der Waals surface area contributed by atoms with Crippen molar-refractivity contribution in [3.63, 3.8) is 0 Å². The Bertz CT molecular complexity index is 366. The molecule has 0 saturated carbocycles. The Morgan fingerprint density at radius 1 is 1.30 bits per heavy atom. The predicted molar refractivity (Wildman–Crippen MR) is 85.2 cm³/mol. The molecular weight excluding hydrogens is 250 g/mol. The third-order valence-electron chi connectivity index (χ3n) is 3.61. The van der Waals surface area contributed by atoms with Gasteiger partial charge in [-0.05, 0) is 31.5 Å². The number of methoxy groups -OCH3 is 1. The maximum Gasteiger partial charge on any atom is 0.0637 e. The molecule has 4 heteroatoms. The molecular formula is C16H29N3O. The van der Waals surface area contributed by atoms with E-state index in [4.69, 9.17) is 4.74 Å². The van der Waals surface area contributed by atoms with Crippen LogP contribution in [0.15, 0.2) is 18.3 Å². The van der Waals surface area contributed by atoms with Crippen molar-refractivity contribution in [2.75, 3.05) is 31.7 Å². The van der Waals surface area contributed by atoms with Crippen molar-refractivity contribution < 1.29 is 4.74 Å². The lowest BCUT2D eigenvalue weighted by atomic mass is 10.1. The summed E-state index contributed by atoms with van der Waals surface area (Å²) in [6.07, 6.45) is 4.19. The number of hydrogen-bond donors (Lipinski definition) is 1. The Labute approximate surface area is 123 Å². The molecule has 0 radical (unpaired) electrons. The SMILES string of the molecule is CCNCc1cc(N(CCOC)C(CC)CC)ccn1. The van der Waals surface area contributed by atoms with Gasteiger partial charge in [-0.3, -0.25) is 4.98 Å². The first-order valence-corrected chi connectivity index (χ1v) is 7.67. The molecule has 0 saturated heterocycles. The first-order chi connectivity index (χ1) is 9.76. The molecule has 0 unspecified atom stereocenters. The van der Waals surface area contributed by atoms with Gasteiger partial charge < -0.3 is 15.0 Å². The lowest BCUT2D eigenvalue weighted by molar-refractivity contribution is 0.202. The largest absolute Gasteiger partial charge is 0.383 e. The molecule has 0 fully saturated rings. The maximum absolute atomic E-state index is 5.26. The van der Waals surface area contributed by atoms with Crippen molar-refractivity contribution >= 4 is 5.69 Å². The van der Waals surface area contributed by atoms with Crippen LogP contribution in [0.5, 0.6) is 0 Å². The molecule has 0 aromatic carbocycles. The van der Waals surface area contributed by atoms with Gasteiger partial charge in [0.2, 0.25) is 0 Å². The second-order valence-electron chi connectivity index (χ2n) is 4.94. The highest BCUT2D eigenvalue weighted by Gasteiger charge is 2.16. The molecule has 1 aromatic rings. The number of ether oxygens (including phenoxy) is 1. The quantitative estimate of drug-likeness (QED) is 0.714. The van der Waals surface area contributed by atoms with Crippen molar-refractivity contribution in [2.45, 2.75) is 46.2 Å². The molecule has 1 heterocycles. The molecule has 0 aliphatic heterocycles. The summed E-state index contributed by atoms with van der Waals surface area (Å²) in [5, 5.41) is 3.33. The summed E-state index contributed by atoms with van der Waals surface area (Å²) in [5.74, 6) is 0. The van der Waals surface area contributed by atoms with E-state index < -0.39 is 0 Å². The Hall–Kier alpha value is -1.13. The summed E-state index contributed by atoms with van der Waals surface area (Å²) in [6.45, 7) is 10.1. The van der Waals surface area contributed by atoms with Crippen molar-refractivity contribution in [2.24, 2.45) is 0 Å². The van der Waals surface area contributed by atoms with Gasteiger partial charge in [0.1, 0.15) is 0 Å². The monoisotopic (exact) mass is 279 g/mol. The van der Waals surface area contributed by atoms with Gasteiger partial charge in [-0.15, -0.1) is 0 Å². The first kappa shape index (κ1) is 16.9. The summed E-state index contributed by atoms with van der Waals surface area (Å²) >= 11 is 0. The van der Waals surface area contributed by atoms with Crippen LogP contribution in [-0.4, -0.2) is 37.8 Å². The van der Waals surface area contributed by atoms with E-state index in [1.165, 1.54) is 5.69 Å². The Kier molecular flexibility index (Phi) is 8.23. The zero-order valence-corrected chi connectivity index (χ0v) is 13.4. The van der Waals surface area contributed by atoms with E-state index in [1.54, 1.807) is 7.11 Å². The van der Waals surface area contributed by atoms with Crippen molar-refractivity contribution in [3.8, 4) is 0 Å². The van der Waals surface area contributed by atoms with E-state index in [1.807, 2.05) is 6.20 Å². The van der Waals surface area contributed by atoms with E-state index in [-0.39, 0.29) is 0 Å². The number of anilines is 1. The van der Waals surface area contributed by atoms with E-state index in [2.05, 4.69) is 48.1 Å². The normalized spacial score (nSPS) is 11.1. The predicted octanol–water partition coefficient (Wildman–Crippen LogP) is 2.83. The van der Waals surface area contributed by atoms with E-state index in [0.717, 1.165) is 44.8 Å². The van der Waals surface area contributed by atoms with E-state index in [0.29, 0.717) is 6.04 Å². The van der Waals surface area contributed by atoms with Crippen LogP contribution in [0.2, 0.25) is 0 Å². The summed E-state index contributed by atoms with van der Waals surface area (Å²) in [4.78, 5) is 6.88. The molecule has 0 spiro atoms. The number of aromatic nitrogens is 1. The topological polar surface area (TPSA) is 37.4 Å². The highest BCUT2D eigenvalue weighted by molar-refractivity contribution is 5.47. The van der Waals surface area contributed by atoms with E-state index >= 15 is 0 Å². The molecule has 0 amide bonds. The van der Waals surface area contributed by atoms with Crippen LogP contribution in [0, 0.1) is 0 Å². The lowest BCUT2D eigenvalue weighted by Gasteiger charge is -2.32. The lowest BCUT2D eigenvalue weighted by Crippen LogP contribution is -2.37. The number of pyridine rings is 1. The number of rotatable bonds is 10. The molecule has 0 atom stereocenters. The second-order valence-corrected chi connectivity index (χ2v) is 4.94. The van der Waals surface area contributed by atoms with Gasteiger partial charge in [-0.1, -0.05) is 20.8 Å². The average Bonchev–Trinajstić information content (AvgIpc) is 2.49. The minimum Gasteiger partial charge on any atom is -0.383 e. The van der Waals surface area contributed by atoms with Crippen molar-refractivity contribution in [1.29, 1.82) is 0 Å². The summed E-state index contributed by atoms with van der Waals surface area (Å²) in [6, 6.07) is 4.85. The summed E-state index contributed by atoms with van der Waals surface area (Å²) in [7, 11) is 1.76. The zero-order chi connectivity index (χ0) is 14.8. The first-order valence-electron chi connectivity index (χ1n) is 7.67. The average molecular weight is 279 g/mol. The van der Waals surface area contributed by atoms with Gasteiger partial charge in [-0.2, -0.15) is 0 Å². The van der Waals surface area contributed by atoms with Crippen LogP contribution in [0.3, 0.4) is 0 Å². The molecule has 1 N–H and O–H groups in total. The van der Waals surface area contributed by atoms with Gasteiger partial charge in [0.05, 0.1) is 12.3 Å². The highest BCUT2D eigenvalue weighted by Crippen LogP contribution is 2.20. The number of hydrogen-bond acceptors (Lipinski definition) is 4. The molecule has 114 valence electrons. The summed E-state index contributed by atoms with van der Waals surface area (Å²) < 4.78 is 5.26. The minimum absolute atomic E-state index is 0.555. The number of nitrogens with zero attached hydrogens (tertiary/aromatic N) is 2. The number of nitrogens with one attached hydrogen (secondary N) is 1. The Balaban J connectivity index is 2.87. The molecule has 0 aliphatic rings. The highest BCUT2D eigenvalue weighted by atomic mass is 16.5. The fraction of sp³-hybridized carbons (Fsp3) is 0.688. The summed E-state index contributed by atoms with van der Waals surface area (Å²) in [5.41, 5.74) is 2.34. The fourth-order valence-corrected chi connectivity index (χ4v) is 2.44. The van der Waals surface area contributed by atoms with Crippen molar-refractivity contribution in [1.82, 2.24) is 10.3 Å². The third kappa shape index (κ3) is 5.10. The maximum atomic E-state index is 5.26. The molecule has 0 aliphatic carbocycles. The molecule has 1 rings (SSSR count).